The van der Waals surface area contributed by atoms with Crippen LogP contribution in [0, 0.1) is 0 Å². The molecule has 0 aliphatic carbocycles. The predicted octanol–water partition coefficient (Wildman–Crippen LogP) is 2.46. The van der Waals surface area contributed by atoms with Gasteiger partial charge in [0.1, 0.15) is 0 Å². The molecule has 0 bridgehead atoms. The molecule has 3 N–H and O–H groups in total. The zero-order chi connectivity index (χ0) is 14.7. The Kier molecular flexibility index (Phi) is 3.98. The fraction of sp³-hybridized carbons (Fsp3) is 0.200. The normalized spacial score (nSPS) is 18.1. The molecule has 1 atom stereocenters. The Morgan fingerprint density at radius 3 is 2.86 bits per heavy atom. The highest BCUT2D eigenvalue weighted by molar-refractivity contribution is 7.08. The number of anilines is 1. The van der Waals surface area contributed by atoms with Gasteiger partial charge >= 0.3 is 0 Å². The molecule has 1 fully saturated rings. The van der Waals surface area contributed by atoms with E-state index in [1.807, 2.05) is 35.0 Å². The van der Waals surface area contributed by atoms with Gasteiger partial charge in [0.05, 0.1) is 11.6 Å². The Morgan fingerprint density at radius 2 is 2.14 bits per heavy atom. The summed E-state index contributed by atoms with van der Waals surface area (Å²) in [5.74, 6) is -0.130. The number of benzene rings is 1. The summed E-state index contributed by atoms with van der Waals surface area (Å²) in [5, 5.41) is 6.63. The van der Waals surface area contributed by atoms with Crippen LogP contribution >= 0.6 is 11.3 Å². The molecular weight excluding hydrogens is 286 g/mol. The number of rotatable bonds is 3. The first-order valence-corrected chi connectivity index (χ1v) is 7.65. The summed E-state index contributed by atoms with van der Waals surface area (Å²) in [5.41, 5.74) is 8.02. The molecule has 3 rings (SSSR count). The van der Waals surface area contributed by atoms with E-state index in [4.69, 9.17) is 0 Å². The largest absolute Gasteiger partial charge is 0.322 e. The Labute approximate surface area is 126 Å². The number of hydrogen-bond donors (Lipinski definition) is 3. The van der Waals surface area contributed by atoms with Crippen molar-refractivity contribution in [3.05, 3.63) is 52.2 Å². The average Bonchev–Trinajstić information content (AvgIpc) is 3.03. The third-order valence-electron chi connectivity index (χ3n) is 3.41. The van der Waals surface area contributed by atoms with Gasteiger partial charge in [-0.25, -0.2) is 5.43 Å². The SMILES string of the molecule is O=C1CCC(c2ccccc2NC(=O)c2ccsc2)NN1. The lowest BCUT2D eigenvalue weighted by Crippen LogP contribution is -2.44. The molecule has 2 heterocycles. The molecule has 2 amide bonds. The minimum absolute atomic E-state index is 0.00155. The summed E-state index contributed by atoms with van der Waals surface area (Å²) in [4.78, 5) is 23.4. The van der Waals surface area contributed by atoms with Gasteiger partial charge in [0.25, 0.3) is 5.91 Å². The summed E-state index contributed by atoms with van der Waals surface area (Å²) >= 11 is 1.49. The number of amides is 2. The van der Waals surface area contributed by atoms with E-state index in [1.165, 1.54) is 11.3 Å². The molecular formula is C15H15N3O2S. The van der Waals surface area contributed by atoms with Crippen LogP contribution in [0.2, 0.25) is 0 Å². The lowest BCUT2D eigenvalue weighted by atomic mass is 9.99. The molecule has 6 heteroatoms. The molecule has 5 nitrogen and oxygen atoms in total. The molecule has 0 saturated carbocycles. The average molecular weight is 301 g/mol. The molecule has 108 valence electrons. The highest BCUT2D eigenvalue weighted by Crippen LogP contribution is 2.27. The molecule has 1 aromatic carbocycles. The van der Waals surface area contributed by atoms with Gasteiger partial charge in [-0.15, -0.1) is 0 Å². The van der Waals surface area contributed by atoms with Crippen LogP contribution in [0.25, 0.3) is 0 Å². The van der Waals surface area contributed by atoms with Crippen molar-refractivity contribution in [2.24, 2.45) is 0 Å². The van der Waals surface area contributed by atoms with E-state index in [-0.39, 0.29) is 17.9 Å². The number of hydrogen-bond acceptors (Lipinski definition) is 4. The summed E-state index contributed by atoms with van der Waals surface area (Å²) in [6.45, 7) is 0. The molecule has 0 radical (unpaired) electrons. The van der Waals surface area contributed by atoms with E-state index in [0.29, 0.717) is 18.4 Å². The van der Waals surface area contributed by atoms with Gasteiger partial charge in [0.2, 0.25) is 5.91 Å². The molecule has 1 aliphatic rings. The first-order valence-electron chi connectivity index (χ1n) is 6.71. The zero-order valence-corrected chi connectivity index (χ0v) is 12.1. The van der Waals surface area contributed by atoms with Gasteiger partial charge in [0.15, 0.2) is 0 Å². The van der Waals surface area contributed by atoms with Gasteiger partial charge < -0.3 is 5.32 Å². The van der Waals surface area contributed by atoms with Crippen molar-refractivity contribution in [1.29, 1.82) is 0 Å². The molecule has 1 aromatic heterocycles. The lowest BCUT2D eigenvalue weighted by molar-refractivity contribution is -0.124. The van der Waals surface area contributed by atoms with Crippen molar-refractivity contribution >= 4 is 28.8 Å². The Hall–Kier alpha value is -2.18. The van der Waals surface area contributed by atoms with Crippen LogP contribution in [0.3, 0.4) is 0 Å². The highest BCUT2D eigenvalue weighted by Gasteiger charge is 2.22. The van der Waals surface area contributed by atoms with Crippen LogP contribution in [-0.2, 0) is 4.79 Å². The van der Waals surface area contributed by atoms with E-state index in [1.54, 1.807) is 6.07 Å². The summed E-state index contributed by atoms with van der Waals surface area (Å²) < 4.78 is 0. The minimum Gasteiger partial charge on any atom is -0.322 e. The van der Waals surface area contributed by atoms with Crippen molar-refractivity contribution in [3.63, 3.8) is 0 Å². The van der Waals surface area contributed by atoms with Gasteiger partial charge in [-0.3, -0.25) is 15.0 Å². The molecule has 2 aromatic rings. The number of hydrazine groups is 1. The van der Waals surface area contributed by atoms with Crippen molar-refractivity contribution in [1.82, 2.24) is 10.9 Å². The predicted molar refractivity (Wildman–Crippen MR) is 82.0 cm³/mol. The van der Waals surface area contributed by atoms with Crippen LogP contribution in [0.5, 0.6) is 0 Å². The third-order valence-corrected chi connectivity index (χ3v) is 4.10. The second-order valence-corrected chi connectivity index (χ2v) is 5.62. The third kappa shape index (κ3) is 3.12. The maximum atomic E-state index is 12.2. The van der Waals surface area contributed by atoms with Crippen molar-refractivity contribution in [2.75, 3.05) is 5.32 Å². The van der Waals surface area contributed by atoms with E-state index in [2.05, 4.69) is 16.2 Å². The number of nitrogens with one attached hydrogen (secondary N) is 3. The summed E-state index contributed by atoms with van der Waals surface area (Å²) in [7, 11) is 0. The Morgan fingerprint density at radius 1 is 1.29 bits per heavy atom. The molecule has 1 saturated heterocycles. The van der Waals surface area contributed by atoms with E-state index < -0.39 is 0 Å². The molecule has 1 unspecified atom stereocenters. The van der Waals surface area contributed by atoms with Crippen LogP contribution < -0.4 is 16.2 Å². The fourth-order valence-electron chi connectivity index (χ4n) is 2.31. The number of carbonyl (C=O) groups excluding carboxylic acids is 2. The molecule has 0 spiro atoms. The maximum Gasteiger partial charge on any atom is 0.256 e. The zero-order valence-electron chi connectivity index (χ0n) is 11.3. The van der Waals surface area contributed by atoms with Crippen molar-refractivity contribution < 1.29 is 9.59 Å². The molecule has 1 aliphatic heterocycles. The first kappa shape index (κ1) is 13.8. The summed E-state index contributed by atoms with van der Waals surface area (Å²) in [6, 6.07) is 9.43. The van der Waals surface area contributed by atoms with Gasteiger partial charge in [0, 0.05) is 17.5 Å². The second-order valence-electron chi connectivity index (χ2n) is 4.84. The smallest absolute Gasteiger partial charge is 0.256 e. The second kappa shape index (κ2) is 6.07. The van der Waals surface area contributed by atoms with Crippen LogP contribution in [0.15, 0.2) is 41.1 Å². The maximum absolute atomic E-state index is 12.2. The van der Waals surface area contributed by atoms with Crippen molar-refractivity contribution in [2.45, 2.75) is 18.9 Å². The topological polar surface area (TPSA) is 70.2 Å². The van der Waals surface area contributed by atoms with Crippen molar-refractivity contribution in [3.8, 4) is 0 Å². The van der Waals surface area contributed by atoms with E-state index in [9.17, 15) is 9.59 Å². The Balaban J connectivity index is 1.79. The standard InChI is InChI=1S/C15H15N3O2S/c19-14-6-5-13(17-18-14)11-3-1-2-4-12(11)16-15(20)10-7-8-21-9-10/h1-4,7-9,13,17H,5-6H2,(H,16,20)(H,18,19). The van der Waals surface area contributed by atoms with Gasteiger partial charge in [-0.05, 0) is 29.5 Å². The minimum atomic E-state index is -0.122. The number of para-hydroxylation sites is 1. The van der Waals surface area contributed by atoms with Crippen LogP contribution in [0.1, 0.15) is 34.8 Å². The van der Waals surface area contributed by atoms with Gasteiger partial charge in [-0.2, -0.15) is 11.3 Å². The number of carbonyl (C=O) groups is 2. The first-order chi connectivity index (χ1) is 10.2. The molecule has 21 heavy (non-hydrogen) atoms. The van der Waals surface area contributed by atoms with Crippen LogP contribution in [-0.4, -0.2) is 11.8 Å². The quantitative estimate of drug-likeness (QED) is 0.815. The highest BCUT2D eigenvalue weighted by atomic mass is 32.1. The van der Waals surface area contributed by atoms with Crippen LogP contribution in [0.4, 0.5) is 5.69 Å². The monoisotopic (exact) mass is 301 g/mol. The number of thiophene rings is 1. The summed E-state index contributed by atoms with van der Waals surface area (Å²) in [6.07, 6.45) is 1.18. The fourth-order valence-corrected chi connectivity index (χ4v) is 2.95. The van der Waals surface area contributed by atoms with E-state index >= 15 is 0 Å². The van der Waals surface area contributed by atoms with E-state index in [0.717, 1.165) is 11.3 Å². The van der Waals surface area contributed by atoms with Gasteiger partial charge in [-0.1, -0.05) is 18.2 Å². The Bertz CT molecular complexity index is 645. The lowest BCUT2D eigenvalue weighted by Gasteiger charge is -2.26.